The van der Waals surface area contributed by atoms with Gasteiger partial charge in [0.2, 0.25) is 7.85 Å². The smallest absolute Gasteiger partial charge is 0.333 e. The lowest BCUT2D eigenvalue weighted by Crippen LogP contribution is -2.38. The summed E-state index contributed by atoms with van der Waals surface area (Å²) in [6.45, 7) is 7.67. The molecule has 0 bridgehead atoms. The number of carbonyl (C=O) groups excluding carboxylic acids is 2. The largest absolute Gasteiger partial charge is 0.463 e. The molecule has 0 rings (SSSR count). The van der Waals surface area contributed by atoms with E-state index in [1.807, 2.05) is 13.8 Å². The van der Waals surface area contributed by atoms with Crippen LogP contribution in [0.5, 0.6) is 0 Å². The summed E-state index contributed by atoms with van der Waals surface area (Å²) in [4.78, 5) is 24.0. The first-order chi connectivity index (χ1) is 7.81. The number of hydrogen-bond donors (Lipinski definition) is 0. The lowest BCUT2D eigenvalue weighted by molar-refractivity contribution is -0.138. The molecule has 5 heteroatoms. The molecule has 0 aliphatic heterocycles. The number of likely N-dealkylation sites (N-methyl/N-ethyl adjacent to an activating group) is 1. The van der Waals surface area contributed by atoms with Crippen LogP contribution in [0.15, 0.2) is 11.6 Å². The first-order valence-corrected chi connectivity index (χ1v) is 5.69. The lowest BCUT2D eigenvalue weighted by atomic mass is 9.97. The number of nitrogens with zero attached hydrogens (tertiary/aromatic N) is 1. The molecule has 0 N–H and O–H groups in total. The summed E-state index contributed by atoms with van der Waals surface area (Å²) in [5, 5.41) is 0. The highest BCUT2D eigenvalue weighted by molar-refractivity contribution is 6.56. The monoisotopic (exact) mass is 237 g/mol. The molecule has 0 heterocycles. The Bertz CT molecular complexity index is 313. The third-order valence-electron chi connectivity index (χ3n) is 2.50. The Morgan fingerprint density at radius 2 is 1.94 bits per heavy atom. The predicted molar refractivity (Wildman–Crippen MR) is 67.9 cm³/mol. The molecule has 0 aromatic carbocycles. The van der Waals surface area contributed by atoms with E-state index in [2.05, 4.69) is 0 Å². The van der Waals surface area contributed by atoms with Crippen molar-refractivity contribution in [2.24, 2.45) is 5.92 Å². The predicted octanol–water partition coefficient (Wildman–Crippen LogP) is 1.74. The van der Waals surface area contributed by atoms with E-state index >= 15 is 0 Å². The van der Waals surface area contributed by atoms with Crippen molar-refractivity contribution in [3.8, 4) is 0 Å². The van der Waals surface area contributed by atoms with Crippen LogP contribution in [-0.2, 0) is 9.53 Å². The Morgan fingerprint density at radius 1 is 1.41 bits per heavy atom. The standard InChI is InChI=1S/C12H20BNO3/c1-6-17-11(15)9(4)7-10(8(2)3)14(5)12(13)16/h7-8,10H,6H2,1-5H3/b9-7+/t10-/m1/s1. The van der Waals surface area contributed by atoms with Crippen molar-refractivity contribution in [1.82, 2.24) is 4.90 Å². The first-order valence-electron chi connectivity index (χ1n) is 5.69. The minimum absolute atomic E-state index is 0.164. The molecule has 2 radical (unpaired) electrons. The van der Waals surface area contributed by atoms with Gasteiger partial charge in [0.15, 0.2) is 5.81 Å². The van der Waals surface area contributed by atoms with Gasteiger partial charge in [0, 0.05) is 12.6 Å². The summed E-state index contributed by atoms with van der Waals surface area (Å²) in [5.74, 6) is -0.718. The third kappa shape index (κ3) is 5.07. The van der Waals surface area contributed by atoms with Crippen LogP contribution in [0, 0.1) is 5.92 Å². The van der Waals surface area contributed by atoms with Crippen molar-refractivity contribution in [2.45, 2.75) is 33.7 Å². The molecule has 0 fully saturated rings. The summed E-state index contributed by atoms with van der Waals surface area (Å²) in [7, 11) is 6.84. The van der Waals surface area contributed by atoms with Gasteiger partial charge in [0.1, 0.15) is 0 Å². The van der Waals surface area contributed by atoms with Crippen molar-refractivity contribution in [3.05, 3.63) is 11.6 Å². The number of esters is 1. The highest BCUT2D eigenvalue weighted by atomic mass is 16.5. The number of carbonyl (C=O) groups is 2. The van der Waals surface area contributed by atoms with Gasteiger partial charge in [-0.3, -0.25) is 4.79 Å². The summed E-state index contributed by atoms with van der Waals surface area (Å²) in [6.07, 6.45) is 1.72. The van der Waals surface area contributed by atoms with Gasteiger partial charge in [0.05, 0.1) is 12.6 Å². The average Bonchev–Trinajstić information content (AvgIpc) is 2.24. The van der Waals surface area contributed by atoms with Gasteiger partial charge in [-0.25, -0.2) is 4.79 Å². The summed E-state index contributed by atoms with van der Waals surface area (Å²) in [5.41, 5.74) is 0.485. The topological polar surface area (TPSA) is 46.6 Å². The maximum absolute atomic E-state index is 11.5. The fourth-order valence-corrected chi connectivity index (χ4v) is 1.47. The molecule has 1 amide bonds. The second kappa shape index (κ2) is 7.15. The number of rotatable bonds is 5. The molecule has 94 valence electrons. The average molecular weight is 237 g/mol. The zero-order valence-electron chi connectivity index (χ0n) is 11.2. The molecule has 4 nitrogen and oxygen atoms in total. The van der Waals surface area contributed by atoms with Crippen molar-refractivity contribution in [2.75, 3.05) is 13.7 Å². The molecular formula is C12H20BNO3. The van der Waals surface area contributed by atoms with E-state index < -0.39 is 5.81 Å². The molecule has 17 heavy (non-hydrogen) atoms. The van der Waals surface area contributed by atoms with Crippen LogP contribution < -0.4 is 0 Å². The maximum atomic E-state index is 11.5. The normalized spacial score (nSPS) is 13.4. The molecule has 0 saturated heterocycles. The fourth-order valence-electron chi connectivity index (χ4n) is 1.47. The molecule has 0 aromatic rings. The zero-order chi connectivity index (χ0) is 13.6. The number of ether oxygens (including phenoxy) is 1. The van der Waals surface area contributed by atoms with Gasteiger partial charge in [-0.2, -0.15) is 0 Å². The van der Waals surface area contributed by atoms with Crippen molar-refractivity contribution in [3.63, 3.8) is 0 Å². The van der Waals surface area contributed by atoms with Crippen LogP contribution in [-0.4, -0.2) is 44.2 Å². The summed E-state index contributed by atoms with van der Waals surface area (Å²) in [6, 6.07) is -0.211. The third-order valence-corrected chi connectivity index (χ3v) is 2.50. The summed E-state index contributed by atoms with van der Waals surface area (Å²) >= 11 is 0. The molecule has 0 saturated carbocycles. The Labute approximate surface area is 104 Å². The van der Waals surface area contributed by atoms with E-state index in [0.717, 1.165) is 0 Å². The molecule has 0 aromatic heterocycles. The Hall–Kier alpha value is -1.26. The lowest BCUT2D eigenvalue weighted by Gasteiger charge is -2.28. The Balaban J connectivity index is 4.91. The van der Waals surface area contributed by atoms with E-state index in [1.165, 1.54) is 4.90 Å². The SMILES string of the molecule is [B]C(=O)N(C)[C@H](/C=C(\C)C(=O)OCC)C(C)C. The second-order valence-corrected chi connectivity index (χ2v) is 4.25. The van der Waals surface area contributed by atoms with Crippen LogP contribution in [0.25, 0.3) is 0 Å². The van der Waals surface area contributed by atoms with Crippen LogP contribution in [0.1, 0.15) is 27.7 Å². The molecule has 0 aliphatic rings. The first kappa shape index (κ1) is 15.7. The molecular weight excluding hydrogens is 217 g/mol. The van der Waals surface area contributed by atoms with Crippen LogP contribution in [0.4, 0.5) is 4.79 Å². The van der Waals surface area contributed by atoms with E-state index in [9.17, 15) is 9.59 Å². The van der Waals surface area contributed by atoms with E-state index in [-0.39, 0.29) is 17.9 Å². The van der Waals surface area contributed by atoms with Gasteiger partial charge in [-0.1, -0.05) is 19.9 Å². The zero-order valence-corrected chi connectivity index (χ0v) is 11.2. The van der Waals surface area contributed by atoms with E-state index in [4.69, 9.17) is 12.6 Å². The number of amides is 1. The minimum atomic E-state index is -0.517. The van der Waals surface area contributed by atoms with Gasteiger partial charge in [0.25, 0.3) is 0 Å². The van der Waals surface area contributed by atoms with Gasteiger partial charge in [-0.15, -0.1) is 0 Å². The molecule has 0 spiro atoms. The highest BCUT2D eigenvalue weighted by Crippen LogP contribution is 2.13. The van der Waals surface area contributed by atoms with Crippen LogP contribution in [0.2, 0.25) is 0 Å². The fraction of sp³-hybridized carbons (Fsp3) is 0.667. The van der Waals surface area contributed by atoms with Gasteiger partial charge < -0.3 is 9.64 Å². The van der Waals surface area contributed by atoms with Crippen LogP contribution in [0.3, 0.4) is 0 Å². The van der Waals surface area contributed by atoms with Gasteiger partial charge in [-0.05, 0) is 19.8 Å². The summed E-state index contributed by atoms with van der Waals surface area (Å²) < 4.78 is 4.88. The molecule has 0 unspecified atom stereocenters. The highest BCUT2D eigenvalue weighted by Gasteiger charge is 2.19. The quantitative estimate of drug-likeness (QED) is 0.415. The van der Waals surface area contributed by atoms with Crippen molar-refractivity contribution < 1.29 is 14.3 Å². The second-order valence-electron chi connectivity index (χ2n) is 4.25. The van der Waals surface area contributed by atoms with Crippen LogP contribution >= 0.6 is 0 Å². The Morgan fingerprint density at radius 3 is 2.29 bits per heavy atom. The number of hydrogen-bond acceptors (Lipinski definition) is 3. The maximum Gasteiger partial charge on any atom is 0.333 e. The minimum Gasteiger partial charge on any atom is -0.463 e. The van der Waals surface area contributed by atoms with Gasteiger partial charge >= 0.3 is 5.97 Å². The van der Waals surface area contributed by atoms with Crippen molar-refractivity contribution in [1.29, 1.82) is 0 Å². The Kier molecular flexibility index (Phi) is 6.62. The van der Waals surface area contributed by atoms with E-state index in [0.29, 0.717) is 12.2 Å². The molecule has 1 atom stereocenters. The molecule has 0 aliphatic carbocycles. The van der Waals surface area contributed by atoms with E-state index in [1.54, 1.807) is 27.0 Å². The van der Waals surface area contributed by atoms with Crippen molar-refractivity contribution >= 4 is 19.6 Å².